The van der Waals surface area contributed by atoms with E-state index in [1.54, 1.807) is 0 Å². The Hall–Kier alpha value is -2.20. The zero-order valence-electron chi connectivity index (χ0n) is 18.0. The molecule has 4 rings (SSSR count). The molecule has 0 bridgehead atoms. The molecule has 30 heavy (non-hydrogen) atoms. The lowest BCUT2D eigenvalue weighted by Crippen LogP contribution is -2.43. The monoisotopic (exact) mass is 408 g/mol. The lowest BCUT2D eigenvalue weighted by molar-refractivity contribution is -0.127. The smallest absolute Gasteiger partial charge is 0.224 e. The summed E-state index contributed by atoms with van der Waals surface area (Å²) in [6, 6.07) is 13.6. The highest BCUT2D eigenvalue weighted by atomic mass is 19.1. The summed E-state index contributed by atoms with van der Waals surface area (Å²) in [5, 5.41) is 3.34. The fourth-order valence-electron chi connectivity index (χ4n) is 4.94. The number of rotatable bonds is 6. The maximum absolute atomic E-state index is 13.2. The number of carbonyl (C=O) groups excluding carboxylic acids is 1. The quantitative estimate of drug-likeness (QED) is 0.714. The Bertz CT molecular complexity index is 864. The third kappa shape index (κ3) is 5.10. The first kappa shape index (κ1) is 21.0. The van der Waals surface area contributed by atoms with Crippen LogP contribution in [0.3, 0.4) is 0 Å². The van der Waals surface area contributed by atoms with Gasteiger partial charge in [-0.3, -0.25) is 9.69 Å². The fraction of sp³-hybridized carbons (Fsp3) is 0.500. The summed E-state index contributed by atoms with van der Waals surface area (Å²) < 4.78 is 13.2. The molecule has 0 unspecified atom stereocenters. The standard InChI is InChI=1S/C26H33FN2O/c1-2-25(22-12-11-20-6-3-4-7-21(20)16-22)28-26(30)23-8-5-15-29(18-23)17-19-9-13-24(27)14-10-19/h9-14,16,23,25H,2-8,15,17-18H2,1H3,(H,28,30)/t23-,25-/m0/s1. The Balaban J connectivity index is 1.37. The number of aryl methyl sites for hydroxylation is 2. The molecule has 2 atom stereocenters. The second-order valence-electron chi connectivity index (χ2n) is 8.91. The van der Waals surface area contributed by atoms with Crippen LogP contribution in [0.4, 0.5) is 4.39 Å². The van der Waals surface area contributed by atoms with Gasteiger partial charge in [-0.2, -0.15) is 0 Å². The van der Waals surface area contributed by atoms with Crippen LogP contribution in [0.15, 0.2) is 42.5 Å². The van der Waals surface area contributed by atoms with Gasteiger partial charge in [0.25, 0.3) is 0 Å². The van der Waals surface area contributed by atoms with E-state index in [-0.39, 0.29) is 23.7 Å². The Labute approximate surface area is 179 Å². The number of amides is 1. The highest BCUT2D eigenvalue weighted by Crippen LogP contribution is 2.27. The van der Waals surface area contributed by atoms with Gasteiger partial charge in [-0.15, -0.1) is 0 Å². The van der Waals surface area contributed by atoms with Gasteiger partial charge in [-0.05, 0) is 85.9 Å². The van der Waals surface area contributed by atoms with Crippen molar-refractivity contribution in [2.24, 2.45) is 5.92 Å². The Morgan fingerprint density at radius 2 is 1.87 bits per heavy atom. The summed E-state index contributed by atoms with van der Waals surface area (Å²) in [6.45, 7) is 4.67. The lowest BCUT2D eigenvalue weighted by Gasteiger charge is -2.33. The van der Waals surface area contributed by atoms with Crippen molar-refractivity contribution < 1.29 is 9.18 Å². The number of likely N-dealkylation sites (tertiary alicyclic amines) is 1. The number of nitrogens with zero attached hydrogens (tertiary/aromatic N) is 1. The maximum Gasteiger partial charge on any atom is 0.224 e. The molecule has 160 valence electrons. The molecule has 0 saturated carbocycles. The van der Waals surface area contributed by atoms with Crippen LogP contribution in [0.1, 0.15) is 67.3 Å². The van der Waals surface area contributed by atoms with Gasteiger partial charge in [0.15, 0.2) is 0 Å². The first-order valence-electron chi connectivity index (χ1n) is 11.5. The van der Waals surface area contributed by atoms with Gasteiger partial charge in [0, 0.05) is 13.1 Å². The van der Waals surface area contributed by atoms with E-state index in [2.05, 4.69) is 35.3 Å². The minimum absolute atomic E-state index is 0.0193. The van der Waals surface area contributed by atoms with E-state index in [1.807, 2.05) is 12.1 Å². The van der Waals surface area contributed by atoms with Crippen molar-refractivity contribution in [3.8, 4) is 0 Å². The molecule has 2 aromatic rings. The molecule has 0 spiro atoms. The van der Waals surface area contributed by atoms with Crippen LogP contribution in [0.2, 0.25) is 0 Å². The van der Waals surface area contributed by atoms with E-state index < -0.39 is 0 Å². The van der Waals surface area contributed by atoms with Gasteiger partial charge in [0.05, 0.1) is 12.0 Å². The number of fused-ring (bicyclic) bond motifs is 1. The molecule has 1 saturated heterocycles. The van der Waals surface area contributed by atoms with Crippen molar-refractivity contribution in [1.82, 2.24) is 10.2 Å². The van der Waals surface area contributed by atoms with Gasteiger partial charge in [-0.25, -0.2) is 4.39 Å². The SMILES string of the molecule is CC[C@H](NC(=O)[C@H]1CCCN(Cc2ccc(F)cc2)C1)c1ccc2c(c1)CCCC2. The van der Waals surface area contributed by atoms with Gasteiger partial charge in [-0.1, -0.05) is 37.3 Å². The van der Waals surface area contributed by atoms with Crippen molar-refractivity contribution in [3.05, 3.63) is 70.5 Å². The van der Waals surface area contributed by atoms with E-state index in [1.165, 1.54) is 48.1 Å². The summed E-state index contributed by atoms with van der Waals surface area (Å²) in [5.41, 5.74) is 5.29. The van der Waals surface area contributed by atoms with Crippen LogP contribution in [0.5, 0.6) is 0 Å². The largest absolute Gasteiger partial charge is 0.349 e. The molecule has 0 radical (unpaired) electrons. The molecular formula is C26H33FN2O. The van der Waals surface area contributed by atoms with Gasteiger partial charge in [0.2, 0.25) is 5.91 Å². The average Bonchev–Trinajstić information content (AvgIpc) is 2.78. The molecule has 4 heteroatoms. The van der Waals surface area contributed by atoms with Crippen LogP contribution >= 0.6 is 0 Å². The van der Waals surface area contributed by atoms with E-state index in [0.717, 1.165) is 50.9 Å². The second-order valence-corrected chi connectivity index (χ2v) is 8.91. The Morgan fingerprint density at radius 3 is 2.63 bits per heavy atom. The number of nitrogens with one attached hydrogen (secondary N) is 1. The molecular weight excluding hydrogens is 375 g/mol. The van der Waals surface area contributed by atoms with Crippen molar-refractivity contribution in [3.63, 3.8) is 0 Å². The van der Waals surface area contributed by atoms with Crippen LogP contribution in [0, 0.1) is 11.7 Å². The Morgan fingerprint density at radius 1 is 1.10 bits per heavy atom. The van der Waals surface area contributed by atoms with E-state index in [0.29, 0.717) is 0 Å². The summed E-state index contributed by atoms with van der Waals surface area (Å²) in [7, 11) is 0. The number of hydrogen-bond acceptors (Lipinski definition) is 2. The first-order chi connectivity index (χ1) is 14.6. The molecule has 1 heterocycles. The topological polar surface area (TPSA) is 32.3 Å². The van der Waals surface area contributed by atoms with E-state index in [4.69, 9.17) is 0 Å². The first-order valence-corrected chi connectivity index (χ1v) is 11.5. The zero-order valence-corrected chi connectivity index (χ0v) is 18.0. The molecule has 3 nitrogen and oxygen atoms in total. The van der Waals surface area contributed by atoms with Crippen LogP contribution in [-0.4, -0.2) is 23.9 Å². The number of piperidine rings is 1. The molecule has 0 aromatic heterocycles. The predicted octanol–water partition coefficient (Wildman–Crippen LogP) is 5.18. The minimum atomic E-state index is -0.206. The van der Waals surface area contributed by atoms with Crippen molar-refractivity contribution >= 4 is 5.91 Å². The summed E-state index contributed by atoms with van der Waals surface area (Å²) in [5.74, 6) is -0.0170. The molecule has 2 aliphatic rings. The average molecular weight is 409 g/mol. The molecule has 1 amide bonds. The summed E-state index contributed by atoms with van der Waals surface area (Å²) in [4.78, 5) is 15.4. The minimum Gasteiger partial charge on any atom is -0.349 e. The van der Waals surface area contributed by atoms with Crippen LogP contribution in [-0.2, 0) is 24.2 Å². The normalized spacial score (nSPS) is 20.4. The molecule has 1 aliphatic heterocycles. The van der Waals surface area contributed by atoms with Crippen molar-refractivity contribution in [2.45, 2.75) is 64.5 Å². The molecule has 2 aromatic carbocycles. The number of halogens is 1. The van der Waals surface area contributed by atoms with E-state index in [9.17, 15) is 9.18 Å². The number of benzene rings is 2. The summed E-state index contributed by atoms with van der Waals surface area (Å²) in [6.07, 6.45) is 7.76. The van der Waals surface area contributed by atoms with Crippen LogP contribution < -0.4 is 5.32 Å². The van der Waals surface area contributed by atoms with Crippen molar-refractivity contribution in [2.75, 3.05) is 13.1 Å². The summed E-state index contributed by atoms with van der Waals surface area (Å²) >= 11 is 0. The van der Waals surface area contributed by atoms with Crippen molar-refractivity contribution in [1.29, 1.82) is 0 Å². The number of carbonyl (C=O) groups is 1. The molecule has 1 fully saturated rings. The highest BCUT2D eigenvalue weighted by Gasteiger charge is 2.27. The van der Waals surface area contributed by atoms with E-state index >= 15 is 0 Å². The highest BCUT2D eigenvalue weighted by molar-refractivity contribution is 5.79. The second kappa shape index (κ2) is 9.74. The fourth-order valence-corrected chi connectivity index (χ4v) is 4.94. The third-order valence-corrected chi connectivity index (χ3v) is 6.70. The van der Waals surface area contributed by atoms with Gasteiger partial charge in [0.1, 0.15) is 5.82 Å². The van der Waals surface area contributed by atoms with Crippen LogP contribution in [0.25, 0.3) is 0 Å². The van der Waals surface area contributed by atoms with Gasteiger partial charge >= 0.3 is 0 Å². The predicted molar refractivity (Wildman–Crippen MR) is 119 cm³/mol. The zero-order chi connectivity index (χ0) is 20.9. The third-order valence-electron chi connectivity index (χ3n) is 6.70. The van der Waals surface area contributed by atoms with Gasteiger partial charge < -0.3 is 5.32 Å². The maximum atomic E-state index is 13.2. The molecule has 1 aliphatic carbocycles. The molecule has 1 N–H and O–H groups in total. The lowest BCUT2D eigenvalue weighted by atomic mass is 9.88. The Kier molecular flexibility index (Phi) is 6.83. The number of hydrogen-bond donors (Lipinski definition) is 1.